The zero-order chi connectivity index (χ0) is 16.1. The number of rotatable bonds is 6. The Balaban J connectivity index is 1.92. The Hall–Kier alpha value is -1.87. The predicted molar refractivity (Wildman–Crippen MR) is 84.2 cm³/mol. The van der Waals surface area contributed by atoms with E-state index in [9.17, 15) is 4.79 Å². The van der Waals surface area contributed by atoms with E-state index in [0.29, 0.717) is 25.6 Å². The average molecular weight is 303 g/mol. The number of nitrogens with zero attached hydrogens (tertiary/aromatic N) is 5. The lowest BCUT2D eigenvalue weighted by Gasteiger charge is -2.26. The maximum atomic E-state index is 12.2. The van der Waals surface area contributed by atoms with Gasteiger partial charge in [0, 0.05) is 25.3 Å². The predicted octanol–water partition coefficient (Wildman–Crippen LogP) is 1.34. The normalized spacial score (nSPS) is 18.4. The molecule has 2 rings (SSSR count). The number of hydrogen-bond donors (Lipinski definition) is 0. The fraction of sp³-hybridized carbons (Fsp3) is 0.688. The summed E-state index contributed by atoms with van der Waals surface area (Å²) >= 11 is 0. The van der Waals surface area contributed by atoms with Crippen LogP contribution in [0.25, 0.3) is 0 Å². The number of carbonyl (C=O) groups excluding carboxylic acids is 1. The first-order valence-electron chi connectivity index (χ1n) is 7.87. The Morgan fingerprint density at radius 1 is 1.55 bits per heavy atom. The van der Waals surface area contributed by atoms with Crippen LogP contribution in [0.1, 0.15) is 30.7 Å². The Bertz CT molecular complexity index is 559. The molecular weight excluding hydrogens is 278 g/mol. The first-order chi connectivity index (χ1) is 10.5. The molecule has 1 aromatic heterocycles. The summed E-state index contributed by atoms with van der Waals surface area (Å²) in [5.74, 6) is 0.0931. The van der Waals surface area contributed by atoms with E-state index in [0.717, 1.165) is 31.6 Å². The lowest BCUT2D eigenvalue weighted by Crippen LogP contribution is -2.42. The minimum Gasteiger partial charge on any atom is -0.344 e. The number of aryl methyl sites for hydroxylation is 2. The van der Waals surface area contributed by atoms with Gasteiger partial charge in [0.25, 0.3) is 0 Å². The fourth-order valence-corrected chi connectivity index (χ4v) is 3.01. The summed E-state index contributed by atoms with van der Waals surface area (Å²) in [6.45, 7) is 6.82. The highest BCUT2D eigenvalue weighted by Gasteiger charge is 2.28. The first-order valence-corrected chi connectivity index (χ1v) is 7.87. The molecule has 0 N–H and O–H groups in total. The van der Waals surface area contributed by atoms with Gasteiger partial charge in [0.15, 0.2) is 0 Å². The summed E-state index contributed by atoms with van der Waals surface area (Å²) in [5, 5.41) is 13.1. The van der Waals surface area contributed by atoms with Crippen molar-refractivity contribution in [3.8, 4) is 6.07 Å². The molecule has 0 aromatic carbocycles. The van der Waals surface area contributed by atoms with Crippen molar-refractivity contribution in [2.24, 2.45) is 0 Å². The molecule has 1 aromatic rings. The van der Waals surface area contributed by atoms with E-state index in [1.807, 2.05) is 11.6 Å². The van der Waals surface area contributed by atoms with Gasteiger partial charge < -0.3 is 4.90 Å². The Morgan fingerprint density at radius 2 is 2.32 bits per heavy atom. The lowest BCUT2D eigenvalue weighted by molar-refractivity contribution is -0.131. The van der Waals surface area contributed by atoms with Crippen molar-refractivity contribution in [3.63, 3.8) is 0 Å². The standard InChI is InChI=1S/C16H25N5O/c1-13-10-14(2)21(18-13)11-15-6-4-9-20(15)12-16(22)19(3)8-5-7-17/h10,15H,4-6,8-9,11-12H2,1-3H3/t15-/m1/s1. The summed E-state index contributed by atoms with van der Waals surface area (Å²) in [6.07, 6.45) is 2.62. The minimum atomic E-state index is 0.0931. The molecule has 0 saturated carbocycles. The molecule has 6 heteroatoms. The van der Waals surface area contributed by atoms with Crippen LogP contribution in [0.3, 0.4) is 0 Å². The SMILES string of the molecule is Cc1cc(C)n(C[C@H]2CCCN2CC(=O)N(C)CCC#N)n1. The highest BCUT2D eigenvalue weighted by atomic mass is 16.2. The maximum absolute atomic E-state index is 12.2. The third-order valence-corrected chi connectivity index (χ3v) is 4.31. The number of amides is 1. The zero-order valence-electron chi connectivity index (χ0n) is 13.7. The number of aromatic nitrogens is 2. The highest BCUT2D eigenvalue weighted by Crippen LogP contribution is 2.19. The molecule has 0 radical (unpaired) electrons. The van der Waals surface area contributed by atoms with E-state index in [-0.39, 0.29) is 5.91 Å². The third kappa shape index (κ3) is 4.08. The smallest absolute Gasteiger partial charge is 0.236 e. The molecule has 2 heterocycles. The van der Waals surface area contributed by atoms with Crippen molar-refractivity contribution < 1.29 is 4.79 Å². The van der Waals surface area contributed by atoms with Crippen molar-refractivity contribution in [2.45, 2.75) is 45.7 Å². The first kappa shape index (κ1) is 16.5. The van der Waals surface area contributed by atoms with Gasteiger partial charge in [-0.25, -0.2) is 0 Å². The van der Waals surface area contributed by atoms with Crippen molar-refractivity contribution in [2.75, 3.05) is 26.7 Å². The quantitative estimate of drug-likeness (QED) is 0.795. The number of nitriles is 1. The molecular formula is C16H25N5O. The van der Waals surface area contributed by atoms with E-state index >= 15 is 0 Å². The van der Waals surface area contributed by atoms with Crippen LogP contribution in [0.5, 0.6) is 0 Å². The summed E-state index contributed by atoms with van der Waals surface area (Å²) < 4.78 is 2.04. The van der Waals surface area contributed by atoms with E-state index in [1.54, 1.807) is 11.9 Å². The second-order valence-corrected chi connectivity index (χ2v) is 6.10. The molecule has 1 amide bonds. The van der Waals surface area contributed by atoms with Crippen LogP contribution in [-0.2, 0) is 11.3 Å². The molecule has 120 valence electrons. The summed E-state index contributed by atoms with van der Waals surface area (Å²) in [4.78, 5) is 16.1. The van der Waals surface area contributed by atoms with Crippen LogP contribution in [0.4, 0.5) is 0 Å². The molecule has 0 aliphatic carbocycles. The Morgan fingerprint density at radius 3 is 2.95 bits per heavy atom. The maximum Gasteiger partial charge on any atom is 0.236 e. The zero-order valence-corrected chi connectivity index (χ0v) is 13.7. The van der Waals surface area contributed by atoms with Crippen LogP contribution in [0.2, 0.25) is 0 Å². The largest absolute Gasteiger partial charge is 0.344 e. The van der Waals surface area contributed by atoms with Crippen LogP contribution in [0.15, 0.2) is 6.07 Å². The average Bonchev–Trinajstić information content (AvgIpc) is 3.03. The fourth-order valence-electron chi connectivity index (χ4n) is 3.01. The van der Waals surface area contributed by atoms with Gasteiger partial charge in [0.2, 0.25) is 5.91 Å². The van der Waals surface area contributed by atoms with Gasteiger partial charge in [-0.1, -0.05) is 0 Å². The molecule has 1 fully saturated rings. The van der Waals surface area contributed by atoms with Crippen LogP contribution in [0, 0.1) is 25.2 Å². The highest BCUT2D eigenvalue weighted by molar-refractivity contribution is 5.78. The number of likely N-dealkylation sites (tertiary alicyclic amines) is 1. The summed E-state index contributed by atoms with van der Waals surface area (Å²) in [6, 6.07) is 4.53. The number of likely N-dealkylation sites (N-methyl/N-ethyl adjacent to an activating group) is 1. The van der Waals surface area contributed by atoms with Crippen molar-refractivity contribution in [1.29, 1.82) is 5.26 Å². The van der Waals surface area contributed by atoms with Gasteiger partial charge >= 0.3 is 0 Å². The minimum absolute atomic E-state index is 0.0931. The second kappa shape index (κ2) is 7.41. The molecule has 1 saturated heterocycles. The van der Waals surface area contributed by atoms with Crippen molar-refractivity contribution in [3.05, 3.63) is 17.5 Å². The summed E-state index contributed by atoms with van der Waals surface area (Å²) in [5.41, 5.74) is 2.20. The molecule has 22 heavy (non-hydrogen) atoms. The molecule has 0 spiro atoms. The lowest BCUT2D eigenvalue weighted by atomic mass is 10.2. The van der Waals surface area contributed by atoms with E-state index < -0.39 is 0 Å². The van der Waals surface area contributed by atoms with Gasteiger partial charge in [0.05, 0.1) is 31.3 Å². The van der Waals surface area contributed by atoms with E-state index in [2.05, 4.69) is 29.1 Å². The summed E-state index contributed by atoms with van der Waals surface area (Å²) in [7, 11) is 1.77. The van der Waals surface area contributed by atoms with E-state index in [1.165, 1.54) is 5.69 Å². The molecule has 6 nitrogen and oxygen atoms in total. The molecule has 1 atom stereocenters. The topological polar surface area (TPSA) is 65.2 Å². The Labute approximate surface area is 132 Å². The Kier molecular flexibility index (Phi) is 5.56. The van der Waals surface area contributed by atoms with Crippen molar-refractivity contribution in [1.82, 2.24) is 19.6 Å². The third-order valence-electron chi connectivity index (χ3n) is 4.31. The second-order valence-electron chi connectivity index (χ2n) is 6.10. The van der Waals surface area contributed by atoms with Crippen LogP contribution in [-0.4, -0.2) is 58.2 Å². The molecule has 0 bridgehead atoms. The van der Waals surface area contributed by atoms with Gasteiger partial charge in [-0.15, -0.1) is 0 Å². The number of carbonyl (C=O) groups is 1. The van der Waals surface area contributed by atoms with Crippen LogP contribution >= 0.6 is 0 Å². The van der Waals surface area contributed by atoms with Crippen molar-refractivity contribution >= 4 is 5.91 Å². The van der Waals surface area contributed by atoms with Gasteiger partial charge in [0.1, 0.15) is 0 Å². The van der Waals surface area contributed by atoms with Gasteiger partial charge in [-0.3, -0.25) is 14.4 Å². The van der Waals surface area contributed by atoms with Gasteiger partial charge in [-0.2, -0.15) is 10.4 Å². The van der Waals surface area contributed by atoms with Gasteiger partial charge in [-0.05, 0) is 39.3 Å². The molecule has 1 aliphatic rings. The van der Waals surface area contributed by atoms with E-state index in [4.69, 9.17) is 5.26 Å². The molecule has 0 unspecified atom stereocenters. The molecule has 1 aliphatic heterocycles. The number of hydrogen-bond acceptors (Lipinski definition) is 4. The van der Waals surface area contributed by atoms with Crippen LogP contribution < -0.4 is 0 Å². The monoisotopic (exact) mass is 303 g/mol.